The Hall–Kier alpha value is -0.120. The minimum absolute atomic E-state index is 0.526. The van der Waals surface area contributed by atoms with Crippen molar-refractivity contribution in [2.45, 2.75) is 12.5 Å². The number of rotatable bonds is 2. The van der Waals surface area contributed by atoms with Crippen LogP contribution in [0.3, 0.4) is 0 Å². The molecule has 0 aliphatic carbocycles. The lowest BCUT2D eigenvalue weighted by atomic mass is 10.1. The van der Waals surface area contributed by atoms with E-state index in [4.69, 9.17) is 11.5 Å². The molecule has 0 aromatic heterocycles. The number of hydrogen-bond acceptors (Lipinski definition) is 3. The van der Waals surface area contributed by atoms with Crippen LogP contribution >= 0.6 is 0 Å². The van der Waals surface area contributed by atoms with Crippen LogP contribution in [0.2, 0.25) is 0 Å². The van der Waals surface area contributed by atoms with Gasteiger partial charge in [-0.15, -0.1) is 0 Å². The van der Waals surface area contributed by atoms with Crippen LogP contribution in [0.15, 0.2) is 0 Å². The van der Waals surface area contributed by atoms with Crippen LogP contribution in [0, 0.1) is 5.92 Å². The Morgan fingerprint density at radius 1 is 1.33 bits per heavy atom. The summed E-state index contributed by atoms with van der Waals surface area (Å²) in [6, 6.07) is 0.526. The van der Waals surface area contributed by atoms with Crippen molar-refractivity contribution in [3.63, 3.8) is 0 Å². The molecule has 1 aliphatic heterocycles. The Kier molecular flexibility index (Phi) is 2.45. The highest BCUT2D eigenvalue weighted by Gasteiger charge is 2.20. The fourth-order valence-corrected chi connectivity index (χ4v) is 1.26. The van der Waals surface area contributed by atoms with Crippen LogP contribution in [-0.4, -0.2) is 25.7 Å². The fourth-order valence-electron chi connectivity index (χ4n) is 1.26. The highest BCUT2D eigenvalue weighted by molar-refractivity contribution is 4.82. The van der Waals surface area contributed by atoms with Crippen molar-refractivity contribution >= 4 is 0 Å². The molecule has 0 amide bonds. The molecule has 0 radical (unpaired) electrons. The van der Waals surface area contributed by atoms with E-state index in [1.807, 2.05) is 0 Å². The van der Waals surface area contributed by atoms with Crippen LogP contribution in [0.4, 0.5) is 0 Å². The first-order valence-corrected chi connectivity index (χ1v) is 3.50. The van der Waals surface area contributed by atoms with Crippen molar-refractivity contribution in [2.75, 3.05) is 19.6 Å². The van der Waals surface area contributed by atoms with Crippen LogP contribution in [-0.2, 0) is 0 Å². The van der Waals surface area contributed by atoms with Crippen molar-refractivity contribution in [1.82, 2.24) is 5.32 Å². The zero-order valence-corrected chi connectivity index (χ0v) is 5.64. The van der Waals surface area contributed by atoms with Gasteiger partial charge in [-0.3, -0.25) is 0 Å². The average molecular weight is 129 g/mol. The molecule has 9 heavy (non-hydrogen) atoms. The monoisotopic (exact) mass is 129 g/mol. The zero-order chi connectivity index (χ0) is 6.69. The zero-order valence-electron chi connectivity index (χ0n) is 5.64. The number of hydrogen-bond donors (Lipinski definition) is 3. The van der Waals surface area contributed by atoms with E-state index in [0.29, 0.717) is 12.0 Å². The normalized spacial score (nSPS) is 35.3. The van der Waals surface area contributed by atoms with Gasteiger partial charge in [0.1, 0.15) is 0 Å². The van der Waals surface area contributed by atoms with E-state index in [2.05, 4.69) is 5.32 Å². The fraction of sp³-hybridized carbons (Fsp3) is 1.00. The molecular formula is C6H15N3. The van der Waals surface area contributed by atoms with E-state index >= 15 is 0 Å². The second-order valence-corrected chi connectivity index (χ2v) is 2.68. The smallest absolute Gasteiger partial charge is 0.0193 e. The van der Waals surface area contributed by atoms with Gasteiger partial charge in [0.05, 0.1) is 0 Å². The summed E-state index contributed by atoms with van der Waals surface area (Å²) in [6.45, 7) is 2.60. The van der Waals surface area contributed by atoms with E-state index in [0.717, 1.165) is 26.1 Å². The van der Waals surface area contributed by atoms with Crippen molar-refractivity contribution in [3.8, 4) is 0 Å². The minimum atomic E-state index is 0.526. The van der Waals surface area contributed by atoms with Crippen LogP contribution in [0.1, 0.15) is 6.42 Å². The molecule has 0 saturated carbocycles. The van der Waals surface area contributed by atoms with E-state index in [-0.39, 0.29) is 0 Å². The van der Waals surface area contributed by atoms with Gasteiger partial charge >= 0.3 is 0 Å². The Morgan fingerprint density at radius 2 is 2.11 bits per heavy atom. The molecular weight excluding hydrogens is 114 g/mol. The molecule has 5 N–H and O–H groups in total. The predicted octanol–water partition coefficient (Wildman–Crippen LogP) is -1.12. The summed E-state index contributed by atoms with van der Waals surface area (Å²) in [6.07, 6.45) is 1.16. The maximum atomic E-state index is 5.47. The molecule has 2 atom stereocenters. The van der Waals surface area contributed by atoms with Crippen LogP contribution in [0.5, 0.6) is 0 Å². The Morgan fingerprint density at radius 3 is 2.44 bits per heavy atom. The summed E-state index contributed by atoms with van der Waals surface area (Å²) in [4.78, 5) is 0. The number of nitrogens with two attached hydrogens (primary N) is 2. The molecule has 1 aliphatic rings. The second kappa shape index (κ2) is 3.15. The maximum Gasteiger partial charge on any atom is 0.0193 e. The van der Waals surface area contributed by atoms with Gasteiger partial charge in [0.25, 0.3) is 0 Å². The molecule has 1 fully saturated rings. The summed E-state index contributed by atoms with van der Waals surface area (Å²) >= 11 is 0. The van der Waals surface area contributed by atoms with Gasteiger partial charge in [-0.05, 0) is 25.4 Å². The summed E-state index contributed by atoms with van der Waals surface area (Å²) in [5.74, 6) is 0.665. The highest BCUT2D eigenvalue weighted by atomic mass is 15.0. The molecule has 0 spiro atoms. The van der Waals surface area contributed by atoms with Crippen LogP contribution < -0.4 is 16.8 Å². The molecule has 1 saturated heterocycles. The average Bonchev–Trinajstić information content (AvgIpc) is 2.34. The first kappa shape index (κ1) is 6.99. The minimum Gasteiger partial charge on any atom is -0.330 e. The largest absolute Gasteiger partial charge is 0.330 e. The lowest BCUT2D eigenvalue weighted by Crippen LogP contribution is -2.29. The first-order valence-electron chi connectivity index (χ1n) is 3.50. The molecule has 3 nitrogen and oxygen atoms in total. The van der Waals surface area contributed by atoms with E-state index in [1.165, 1.54) is 0 Å². The Bertz CT molecular complexity index is 74.4. The third-order valence-electron chi connectivity index (χ3n) is 1.93. The molecule has 0 unspecified atom stereocenters. The molecule has 1 rings (SSSR count). The summed E-state index contributed by atoms with van der Waals surface area (Å²) in [5.41, 5.74) is 10.9. The van der Waals surface area contributed by atoms with Gasteiger partial charge in [0, 0.05) is 12.6 Å². The predicted molar refractivity (Wildman–Crippen MR) is 38.0 cm³/mol. The van der Waals surface area contributed by atoms with Gasteiger partial charge in [-0.1, -0.05) is 0 Å². The molecule has 0 bridgehead atoms. The maximum absolute atomic E-state index is 5.47. The van der Waals surface area contributed by atoms with E-state index in [1.54, 1.807) is 0 Å². The topological polar surface area (TPSA) is 64.1 Å². The van der Waals surface area contributed by atoms with Gasteiger partial charge in [-0.2, -0.15) is 0 Å². The van der Waals surface area contributed by atoms with Gasteiger partial charge in [-0.25, -0.2) is 0 Å². The highest BCUT2D eigenvalue weighted by Crippen LogP contribution is 2.10. The van der Waals surface area contributed by atoms with Crippen molar-refractivity contribution in [1.29, 1.82) is 0 Å². The lowest BCUT2D eigenvalue weighted by Gasteiger charge is -2.04. The molecule has 1 heterocycles. The van der Waals surface area contributed by atoms with Gasteiger partial charge in [0.2, 0.25) is 0 Å². The third-order valence-corrected chi connectivity index (χ3v) is 1.93. The lowest BCUT2D eigenvalue weighted by molar-refractivity contribution is 0.565. The molecule has 0 aromatic carbocycles. The summed E-state index contributed by atoms with van der Waals surface area (Å²) < 4.78 is 0. The van der Waals surface area contributed by atoms with Gasteiger partial charge in [0.15, 0.2) is 0 Å². The van der Waals surface area contributed by atoms with E-state index < -0.39 is 0 Å². The quantitative estimate of drug-likeness (QED) is 0.442. The summed E-state index contributed by atoms with van der Waals surface area (Å²) in [5, 5.41) is 3.30. The van der Waals surface area contributed by atoms with Crippen molar-refractivity contribution < 1.29 is 0 Å². The third kappa shape index (κ3) is 1.64. The Labute approximate surface area is 55.8 Å². The molecule has 0 aromatic rings. The van der Waals surface area contributed by atoms with E-state index in [9.17, 15) is 0 Å². The summed E-state index contributed by atoms with van der Waals surface area (Å²) in [7, 11) is 0. The molecule has 3 heteroatoms. The second-order valence-electron chi connectivity index (χ2n) is 2.68. The van der Waals surface area contributed by atoms with Crippen molar-refractivity contribution in [2.24, 2.45) is 17.4 Å². The molecule has 54 valence electrons. The Balaban J connectivity index is 2.20. The first-order chi connectivity index (χ1) is 4.36. The van der Waals surface area contributed by atoms with Crippen molar-refractivity contribution in [3.05, 3.63) is 0 Å². The van der Waals surface area contributed by atoms with Crippen LogP contribution in [0.25, 0.3) is 0 Å². The standard InChI is InChI=1S/C6H15N3/c7-2-5-1-6(3-8)9-4-5/h5-6,9H,1-4,7-8H2/t5-,6-/m0/s1. The van der Waals surface area contributed by atoms with Gasteiger partial charge < -0.3 is 16.8 Å². The number of nitrogens with one attached hydrogen (secondary N) is 1. The SMILES string of the molecule is NC[C@H]1CN[C@H](CN)C1.